The Morgan fingerprint density at radius 1 is 1.11 bits per heavy atom. The van der Waals surface area contributed by atoms with Gasteiger partial charge in [0.15, 0.2) is 6.61 Å². The summed E-state index contributed by atoms with van der Waals surface area (Å²) in [7, 11) is 1.49. The number of carbonyl (C=O) groups is 2. The van der Waals surface area contributed by atoms with E-state index in [4.69, 9.17) is 4.74 Å². The normalized spacial score (nSPS) is 13.3. The van der Waals surface area contributed by atoms with Gasteiger partial charge in [0.25, 0.3) is 11.8 Å². The van der Waals surface area contributed by atoms with E-state index in [1.165, 1.54) is 24.7 Å². The molecule has 1 aliphatic heterocycles. The molecule has 1 aliphatic rings. The molecule has 3 rings (SSSR count). The Bertz CT molecular complexity index is 854. The van der Waals surface area contributed by atoms with E-state index in [2.05, 4.69) is 16.0 Å². The van der Waals surface area contributed by atoms with Crippen LogP contribution in [0.4, 0.5) is 10.1 Å². The molecule has 27 heavy (non-hydrogen) atoms. The number of hydrogen-bond donors (Lipinski definition) is 3. The number of hydrogen-bond acceptors (Lipinski definition) is 4. The fraction of sp³-hybridized carbons (Fsp3) is 0.300. The van der Waals surface area contributed by atoms with Gasteiger partial charge in [-0.2, -0.15) is 0 Å². The second-order valence-electron chi connectivity index (χ2n) is 6.29. The summed E-state index contributed by atoms with van der Waals surface area (Å²) in [6, 6.07) is 9.66. The summed E-state index contributed by atoms with van der Waals surface area (Å²) in [5.41, 5.74) is 2.94. The summed E-state index contributed by atoms with van der Waals surface area (Å²) in [4.78, 5) is 23.7. The molecule has 0 atom stereocenters. The van der Waals surface area contributed by atoms with Crippen molar-refractivity contribution in [2.45, 2.75) is 12.8 Å². The van der Waals surface area contributed by atoms with Gasteiger partial charge in [0.05, 0.1) is 5.69 Å². The highest BCUT2D eigenvalue weighted by Gasteiger charge is 2.14. The van der Waals surface area contributed by atoms with Crippen LogP contribution in [0.15, 0.2) is 36.4 Å². The SMILES string of the molecule is CNC(=O)COc1ccc(NC(=O)c2ccc3c(c2)CCNCC3)c(F)c1. The molecule has 1 heterocycles. The average Bonchev–Trinajstić information content (AvgIpc) is 2.92. The highest BCUT2D eigenvalue weighted by Crippen LogP contribution is 2.22. The van der Waals surface area contributed by atoms with Crippen molar-refractivity contribution in [3.8, 4) is 5.75 Å². The van der Waals surface area contributed by atoms with Gasteiger partial charge in [-0.25, -0.2) is 4.39 Å². The molecule has 0 saturated carbocycles. The minimum absolute atomic E-state index is 0.0592. The molecular weight excluding hydrogens is 349 g/mol. The van der Waals surface area contributed by atoms with E-state index in [-0.39, 0.29) is 29.9 Å². The molecule has 0 aliphatic carbocycles. The number of fused-ring (bicyclic) bond motifs is 1. The Balaban J connectivity index is 1.69. The summed E-state index contributed by atoms with van der Waals surface area (Å²) >= 11 is 0. The van der Waals surface area contributed by atoms with Gasteiger partial charge in [0.2, 0.25) is 0 Å². The lowest BCUT2D eigenvalue weighted by Crippen LogP contribution is -2.24. The highest BCUT2D eigenvalue weighted by atomic mass is 19.1. The van der Waals surface area contributed by atoms with Crippen molar-refractivity contribution in [2.75, 3.05) is 32.1 Å². The molecule has 6 nitrogen and oxygen atoms in total. The molecule has 0 bridgehead atoms. The number of rotatable bonds is 5. The number of likely N-dealkylation sites (N-methyl/N-ethyl adjacent to an activating group) is 1. The third-order valence-corrected chi connectivity index (χ3v) is 4.45. The number of amides is 2. The van der Waals surface area contributed by atoms with Crippen LogP contribution in [-0.2, 0) is 17.6 Å². The minimum atomic E-state index is -0.628. The molecule has 7 heteroatoms. The molecule has 2 amide bonds. The van der Waals surface area contributed by atoms with Gasteiger partial charge in [-0.05, 0) is 61.3 Å². The molecule has 3 N–H and O–H groups in total. The van der Waals surface area contributed by atoms with Gasteiger partial charge in [-0.1, -0.05) is 6.07 Å². The zero-order chi connectivity index (χ0) is 19.2. The van der Waals surface area contributed by atoms with Gasteiger partial charge >= 0.3 is 0 Å². The lowest BCUT2D eigenvalue weighted by atomic mass is 10.00. The zero-order valence-corrected chi connectivity index (χ0v) is 15.1. The van der Waals surface area contributed by atoms with E-state index < -0.39 is 5.82 Å². The zero-order valence-electron chi connectivity index (χ0n) is 15.1. The third kappa shape index (κ3) is 4.83. The van der Waals surface area contributed by atoms with Gasteiger partial charge < -0.3 is 20.7 Å². The molecule has 2 aromatic carbocycles. The Hall–Kier alpha value is -2.93. The fourth-order valence-corrected chi connectivity index (χ4v) is 2.92. The number of ether oxygens (including phenoxy) is 1. The van der Waals surface area contributed by atoms with Crippen molar-refractivity contribution in [3.05, 3.63) is 58.9 Å². The average molecular weight is 371 g/mol. The second-order valence-corrected chi connectivity index (χ2v) is 6.29. The predicted octanol–water partition coefficient (Wildman–Crippen LogP) is 1.89. The Morgan fingerprint density at radius 3 is 2.63 bits per heavy atom. The van der Waals surface area contributed by atoms with Gasteiger partial charge in [-0.15, -0.1) is 0 Å². The lowest BCUT2D eigenvalue weighted by Gasteiger charge is -2.11. The Morgan fingerprint density at radius 2 is 1.89 bits per heavy atom. The van der Waals surface area contributed by atoms with Crippen LogP contribution in [-0.4, -0.2) is 38.6 Å². The van der Waals surface area contributed by atoms with E-state index in [0.29, 0.717) is 5.56 Å². The van der Waals surface area contributed by atoms with E-state index >= 15 is 0 Å². The van der Waals surface area contributed by atoms with Crippen LogP contribution in [0.5, 0.6) is 5.75 Å². The van der Waals surface area contributed by atoms with Crippen LogP contribution in [0, 0.1) is 5.82 Å². The van der Waals surface area contributed by atoms with Crippen LogP contribution >= 0.6 is 0 Å². The monoisotopic (exact) mass is 371 g/mol. The largest absolute Gasteiger partial charge is 0.484 e. The smallest absolute Gasteiger partial charge is 0.257 e. The molecule has 0 spiro atoms. The first-order valence-electron chi connectivity index (χ1n) is 8.83. The molecule has 2 aromatic rings. The van der Waals surface area contributed by atoms with Crippen LogP contribution in [0.25, 0.3) is 0 Å². The summed E-state index contributed by atoms with van der Waals surface area (Å²) in [5.74, 6) is -1.09. The molecule has 142 valence electrons. The number of benzene rings is 2. The molecular formula is C20H22FN3O3. The first kappa shape index (κ1) is 18.8. The van der Waals surface area contributed by atoms with Crippen LogP contribution in [0.1, 0.15) is 21.5 Å². The Labute approximate surface area is 157 Å². The molecule has 0 radical (unpaired) electrons. The van der Waals surface area contributed by atoms with Gasteiger partial charge in [0, 0.05) is 18.7 Å². The molecule has 0 aromatic heterocycles. The van der Waals surface area contributed by atoms with Gasteiger partial charge in [-0.3, -0.25) is 9.59 Å². The van der Waals surface area contributed by atoms with Crippen molar-refractivity contribution in [2.24, 2.45) is 0 Å². The van der Waals surface area contributed by atoms with Crippen molar-refractivity contribution in [3.63, 3.8) is 0 Å². The topological polar surface area (TPSA) is 79.5 Å². The Kier molecular flexibility index (Phi) is 6.03. The maximum absolute atomic E-state index is 14.3. The highest BCUT2D eigenvalue weighted by molar-refractivity contribution is 6.04. The van der Waals surface area contributed by atoms with Crippen LogP contribution < -0.4 is 20.7 Å². The lowest BCUT2D eigenvalue weighted by molar-refractivity contribution is -0.122. The molecule has 0 unspecified atom stereocenters. The van der Waals surface area contributed by atoms with Crippen LogP contribution in [0.2, 0.25) is 0 Å². The molecule has 0 saturated heterocycles. The van der Waals surface area contributed by atoms with Crippen molar-refractivity contribution < 1.29 is 18.7 Å². The fourth-order valence-electron chi connectivity index (χ4n) is 2.92. The summed E-state index contributed by atoms with van der Waals surface area (Å²) in [5, 5.41) is 8.33. The van der Waals surface area contributed by atoms with E-state index in [0.717, 1.165) is 37.6 Å². The number of carbonyl (C=O) groups excluding carboxylic acids is 2. The van der Waals surface area contributed by atoms with Crippen LogP contribution in [0.3, 0.4) is 0 Å². The van der Waals surface area contributed by atoms with Crippen molar-refractivity contribution >= 4 is 17.5 Å². The summed E-state index contributed by atoms with van der Waals surface area (Å²) in [6.07, 6.45) is 1.80. The predicted molar refractivity (Wildman–Crippen MR) is 101 cm³/mol. The molecule has 0 fully saturated rings. The maximum Gasteiger partial charge on any atom is 0.257 e. The number of halogens is 1. The first-order valence-corrected chi connectivity index (χ1v) is 8.83. The van der Waals surface area contributed by atoms with E-state index in [1.807, 2.05) is 12.1 Å². The quantitative estimate of drug-likeness (QED) is 0.750. The van der Waals surface area contributed by atoms with Gasteiger partial charge in [0.1, 0.15) is 11.6 Å². The summed E-state index contributed by atoms with van der Waals surface area (Å²) < 4.78 is 19.4. The standard InChI is InChI=1S/C20H22FN3O3/c1-22-19(25)12-27-16-4-5-18(17(21)11-16)24-20(26)15-3-2-13-6-8-23-9-7-14(13)10-15/h2-5,10-11,23H,6-9,12H2,1H3,(H,22,25)(H,24,26). The second kappa shape index (κ2) is 8.64. The minimum Gasteiger partial charge on any atom is -0.484 e. The van der Waals surface area contributed by atoms with E-state index in [9.17, 15) is 14.0 Å². The first-order chi connectivity index (χ1) is 13.1. The van der Waals surface area contributed by atoms with E-state index in [1.54, 1.807) is 6.07 Å². The van der Waals surface area contributed by atoms with Crippen molar-refractivity contribution in [1.82, 2.24) is 10.6 Å². The number of anilines is 1. The maximum atomic E-state index is 14.3. The van der Waals surface area contributed by atoms with Crippen molar-refractivity contribution in [1.29, 1.82) is 0 Å². The number of nitrogens with one attached hydrogen (secondary N) is 3. The third-order valence-electron chi connectivity index (χ3n) is 4.45. The summed E-state index contributed by atoms with van der Waals surface area (Å²) in [6.45, 7) is 1.61.